The number of benzene rings is 1. The highest BCUT2D eigenvalue weighted by molar-refractivity contribution is 7.89. The highest BCUT2D eigenvalue weighted by atomic mass is 32.2. The Morgan fingerprint density at radius 1 is 1.40 bits per heavy atom. The molecular formula is C11H14N2O6S. The molecule has 0 aliphatic rings. The van der Waals surface area contributed by atoms with Gasteiger partial charge >= 0.3 is 5.97 Å². The number of methoxy groups -OCH3 is 1. The van der Waals surface area contributed by atoms with Crippen LogP contribution in [0.2, 0.25) is 0 Å². The summed E-state index contributed by atoms with van der Waals surface area (Å²) in [5.41, 5.74) is 4.88. The van der Waals surface area contributed by atoms with Crippen molar-refractivity contribution in [3.63, 3.8) is 0 Å². The molecule has 0 saturated heterocycles. The van der Waals surface area contributed by atoms with Gasteiger partial charge in [0, 0.05) is 0 Å². The molecule has 0 radical (unpaired) electrons. The molecule has 0 aliphatic carbocycles. The number of aliphatic carboxylic acids is 1. The van der Waals surface area contributed by atoms with Crippen LogP contribution in [0.5, 0.6) is 5.75 Å². The number of primary amides is 1. The largest absolute Gasteiger partial charge is 0.495 e. The number of carbonyl (C=O) groups is 2. The Balaban J connectivity index is 3.09. The van der Waals surface area contributed by atoms with Gasteiger partial charge in [0.25, 0.3) is 0 Å². The SMILES string of the molecule is COc1ccccc1S(=O)(=O)N[C@H](CC(N)=O)C(=O)O. The number of para-hydroxylation sites is 1. The van der Waals surface area contributed by atoms with Crippen molar-refractivity contribution < 1.29 is 27.9 Å². The van der Waals surface area contributed by atoms with Crippen molar-refractivity contribution >= 4 is 21.9 Å². The minimum atomic E-state index is -4.16. The quantitative estimate of drug-likeness (QED) is 0.609. The number of carboxylic acids is 1. The van der Waals surface area contributed by atoms with Gasteiger partial charge in [0.1, 0.15) is 16.7 Å². The van der Waals surface area contributed by atoms with Crippen molar-refractivity contribution in [2.24, 2.45) is 5.73 Å². The van der Waals surface area contributed by atoms with Gasteiger partial charge in [0.15, 0.2) is 0 Å². The Kier molecular flexibility index (Phi) is 5.06. The maximum absolute atomic E-state index is 12.1. The summed E-state index contributed by atoms with van der Waals surface area (Å²) >= 11 is 0. The first-order chi connectivity index (χ1) is 9.27. The third-order valence-corrected chi connectivity index (χ3v) is 3.87. The minimum Gasteiger partial charge on any atom is -0.495 e. The fraction of sp³-hybridized carbons (Fsp3) is 0.273. The van der Waals surface area contributed by atoms with Crippen LogP contribution in [0.25, 0.3) is 0 Å². The zero-order chi connectivity index (χ0) is 15.3. The van der Waals surface area contributed by atoms with Gasteiger partial charge in [-0.2, -0.15) is 4.72 Å². The number of amides is 1. The average molecular weight is 302 g/mol. The van der Waals surface area contributed by atoms with Crippen molar-refractivity contribution in [3.05, 3.63) is 24.3 Å². The van der Waals surface area contributed by atoms with Crippen LogP contribution in [0, 0.1) is 0 Å². The summed E-state index contributed by atoms with van der Waals surface area (Å²) in [4.78, 5) is 21.5. The number of sulfonamides is 1. The number of carboxylic acid groups (broad SMARTS) is 1. The van der Waals surface area contributed by atoms with E-state index < -0.39 is 34.4 Å². The summed E-state index contributed by atoms with van der Waals surface area (Å²) in [6.07, 6.45) is -0.649. The molecule has 0 spiro atoms. The molecule has 0 bridgehead atoms. The monoisotopic (exact) mass is 302 g/mol. The molecule has 8 nitrogen and oxygen atoms in total. The highest BCUT2D eigenvalue weighted by Gasteiger charge is 2.28. The van der Waals surface area contributed by atoms with Crippen LogP contribution >= 0.6 is 0 Å². The van der Waals surface area contributed by atoms with Gasteiger partial charge in [-0.15, -0.1) is 0 Å². The van der Waals surface area contributed by atoms with Gasteiger partial charge in [0.2, 0.25) is 15.9 Å². The maximum atomic E-state index is 12.1. The van der Waals surface area contributed by atoms with Gasteiger partial charge in [-0.1, -0.05) is 12.1 Å². The molecule has 1 amide bonds. The summed E-state index contributed by atoms with van der Waals surface area (Å²) < 4.78 is 31.0. The second-order valence-electron chi connectivity index (χ2n) is 3.83. The van der Waals surface area contributed by atoms with Crippen LogP contribution < -0.4 is 15.2 Å². The Labute approximate surface area is 115 Å². The molecule has 0 fully saturated rings. The number of rotatable bonds is 7. The number of hydrogen-bond acceptors (Lipinski definition) is 5. The van der Waals surface area contributed by atoms with Crippen molar-refractivity contribution in [2.45, 2.75) is 17.4 Å². The number of hydrogen-bond donors (Lipinski definition) is 3. The Morgan fingerprint density at radius 2 is 2.00 bits per heavy atom. The zero-order valence-corrected chi connectivity index (χ0v) is 11.4. The summed E-state index contributed by atoms with van der Waals surface area (Å²) in [6, 6.07) is 4.06. The molecule has 20 heavy (non-hydrogen) atoms. The van der Waals surface area contributed by atoms with E-state index in [1.807, 2.05) is 4.72 Å². The fourth-order valence-corrected chi connectivity index (χ4v) is 2.83. The lowest BCUT2D eigenvalue weighted by atomic mass is 10.2. The van der Waals surface area contributed by atoms with Gasteiger partial charge < -0.3 is 15.6 Å². The van der Waals surface area contributed by atoms with E-state index in [9.17, 15) is 18.0 Å². The van der Waals surface area contributed by atoms with Crippen molar-refractivity contribution in [3.8, 4) is 5.75 Å². The first-order valence-corrected chi connectivity index (χ1v) is 6.92. The standard InChI is InChI=1S/C11H14N2O6S/c1-19-8-4-2-3-5-9(8)20(17,18)13-7(11(15)16)6-10(12)14/h2-5,7,13H,6H2,1H3,(H2,12,14)(H,15,16)/t7-/m1/s1. The van der Waals surface area contributed by atoms with Crippen molar-refractivity contribution in [2.75, 3.05) is 7.11 Å². The number of carbonyl (C=O) groups excluding carboxylic acids is 1. The van der Waals surface area contributed by atoms with E-state index >= 15 is 0 Å². The van der Waals surface area contributed by atoms with E-state index in [2.05, 4.69) is 0 Å². The van der Waals surface area contributed by atoms with Gasteiger partial charge in [-0.3, -0.25) is 9.59 Å². The average Bonchev–Trinajstić information content (AvgIpc) is 2.37. The lowest BCUT2D eigenvalue weighted by molar-refractivity contribution is -0.140. The Morgan fingerprint density at radius 3 is 2.50 bits per heavy atom. The van der Waals surface area contributed by atoms with E-state index in [0.717, 1.165) is 0 Å². The first kappa shape index (κ1) is 15.9. The van der Waals surface area contributed by atoms with E-state index in [1.54, 1.807) is 6.07 Å². The summed E-state index contributed by atoms with van der Waals surface area (Å²) in [6.45, 7) is 0. The van der Waals surface area contributed by atoms with Crippen LogP contribution in [-0.4, -0.2) is 38.6 Å². The van der Waals surface area contributed by atoms with E-state index in [4.69, 9.17) is 15.6 Å². The third kappa shape index (κ3) is 3.93. The molecule has 9 heteroatoms. The van der Waals surface area contributed by atoms with E-state index in [0.29, 0.717) is 0 Å². The Hall–Kier alpha value is -2.13. The van der Waals surface area contributed by atoms with Crippen molar-refractivity contribution in [1.29, 1.82) is 0 Å². The second-order valence-corrected chi connectivity index (χ2v) is 5.52. The number of nitrogens with two attached hydrogens (primary N) is 1. The smallest absolute Gasteiger partial charge is 0.322 e. The summed E-state index contributed by atoms with van der Waals surface area (Å²) in [5, 5.41) is 8.89. The molecule has 4 N–H and O–H groups in total. The molecule has 0 heterocycles. The lowest BCUT2D eigenvalue weighted by Gasteiger charge is -2.14. The molecule has 110 valence electrons. The van der Waals surface area contributed by atoms with Crippen LogP contribution in [0.1, 0.15) is 6.42 Å². The maximum Gasteiger partial charge on any atom is 0.322 e. The molecule has 0 aliphatic heterocycles. The topological polar surface area (TPSA) is 136 Å². The normalized spacial score (nSPS) is 12.7. The summed E-state index contributed by atoms with van der Waals surface area (Å²) in [7, 11) is -2.87. The lowest BCUT2D eigenvalue weighted by Crippen LogP contribution is -2.43. The highest BCUT2D eigenvalue weighted by Crippen LogP contribution is 2.22. The van der Waals surface area contributed by atoms with Gasteiger partial charge in [-0.05, 0) is 12.1 Å². The van der Waals surface area contributed by atoms with Crippen LogP contribution in [-0.2, 0) is 19.6 Å². The second kappa shape index (κ2) is 6.35. The molecular weight excluding hydrogens is 288 g/mol. The molecule has 1 rings (SSSR count). The number of nitrogens with one attached hydrogen (secondary N) is 1. The molecule has 0 unspecified atom stereocenters. The van der Waals surface area contributed by atoms with Crippen LogP contribution in [0.4, 0.5) is 0 Å². The predicted octanol–water partition coefficient (Wildman–Crippen LogP) is -0.698. The molecule has 1 aromatic carbocycles. The van der Waals surface area contributed by atoms with Crippen LogP contribution in [0.3, 0.4) is 0 Å². The van der Waals surface area contributed by atoms with Crippen LogP contribution in [0.15, 0.2) is 29.2 Å². The zero-order valence-electron chi connectivity index (χ0n) is 10.6. The minimum absolute atomic E-state index is 0.0585. The van der Waals surface area contributed by atoms with Gasteiger partial charge in [0.05, 0.1) is 13.5 Å². The summed E-state index contributed by atoms with van der Waals surface area (Å²) in [5.74, 6) is -2.37. The van der Waals surface area contributed by atoms with E-state index in [-0.39, 0.29) is 10.6 Å². The fourth-order valence-electron chi connectivity index (χ4n) is 1.47. The molecule has 0 saturated carbocycles. The molecule has 0 aromatic heterocycles. The van der Waals surface area contributed by atoms with E-state index in [1.165, 1.54) is 25.3 Å². The predicted molar refractivity (Wildman–Crippen MR) is 68.6 cm³/mol. The number of ether oxygens (including phenoxy) is 1. The molecule has 1 atom stereocenters. The van der Waals surface area contributed by atoms with Crippen molar-refractivity contribution in [1.82, 2.24) is 4.72 Å². The third-order valence-electron chi connectivity index (χ3n) is 2.36. The molecule has 1 aromatic rings. The van der Waals surface area contributed by atoms with Gasteiger partial charge in [-0.25, -0.2) is 8.42 Å². The first-order valence-electron chi connectivity index (χ1n) is 5.44. The Bertz CT molecular complexity index is 613.